The molecule has 1 heterocycles. The summed E-state index contributed by atoms with van der Waals surface area (Å²) < 4.78 is 15.2. The molecule has 0 unspecified atom stereocenters. The number of rotatable bonds is 4. The third-order valence-corrected chi connectivity index (χ3v) is 2.90. The standard InChI is InChI=1S/C14H14FN3O3/c1-3-18-12(6-8(2)17-18)13(19)16-11-7-9(14(20)21)4-5-10(11)15/h4-7H,3H2,1-2H3,(H,16,19)(H,20,21). The number of nitrogens with one attached hydrogen (secondary N) is 1. The zero-order valence-electron chi connectivity index (χ0n) is 11.6. The van der Waals surface area contributed by atoms with E-state index in [9.17, 15) is 14.0 Å². The van der Waals surface area contributed by atoms with E-state index in [0.29, 0.717) is 12.2 Å². The quantitative estimate of drug-likeness (QED) is 0.905. The number of carboxylic acid groups (broad SMARTS) is 1. The molecule has 2 N–H and O–H groups in total. The summed E-state index contributed by atoms with van der Waals surface area (Å²) in [5.41, 5.74) is 0.671. The van der Waals surface area contributed by atoms with Gasteiger partial charge in [0.2, 0.25) is 0 Å². The number of amides is 1. The molecule has 0 saturated carbocycles. The Kier molecular flexibility index (Phi) is 4.02. The van der Waals surface area contributed by atoms with E-state index >= 15 is 0 Å². The Labute approximate surface area is 120 Å². The fraction of sp³-hybridized carbons (Fsp3) is 0.214. The Hall–Kier alpha value is -2.70. The highest BCUT2D eigenvalue weighted by molar-refractivity contribution is 6.03. The van der Waals surface area contributed by atoms with Crippen molar-refractivity contribution in [2.45, 2.75) is 20.4 Å². The van der Waals surface area contributed by atoms with Crippen LogP contribution in [-0.4, -0.2) is 26.8 Å². The molecule has 7 heteroatoms. The highest BCUT2D eigenvalue weighted by atomic mass is 19.1. The van der Waals surface area contributed by atoms with Crippen molar-refractivity contribution in [1.29, 1.82) is 0 Å². The molecule has 0 saturated heterocycles. The maximum absolute atomic E-state index is 13.7. The highest BCUT2D eigenvalue weighted by Gasteiger charge is 2.16. The molecule has 1 aromatic carbocycles. The molecule has 2 aromatic rings. The Morgan fingerprint density at radius 3 is 2.71 bits per heavy atom. The number of carboxylic acids is 1. The van der Waals surface area contributed by atoms with Gasteiger partial charge in [0.25, 0.3) is 5.91 Å². The fourth-order valence-electron chi connectivity index (χ4n) is 1.91. The third-order valence-electron chi connectivity index (χ3n) is 2.90. The molecule has 0 aliphatic heterocycles. The smallest absolute Gasteiger partial charge is 0.335 e. The number of aromatic carboxylic acids is 1. The molecule has 21 heavy (non-hydrogen) atoms. The predicted molar refractivity (Wildman–Crippen MR) is 74.0 cm³/mol. The first-order chi connectivity index (χ1) is 9.92. The molecule has 0 aliphatic rings. The molecule has 0 aliphatic carbocycles. The van der Waals surface area contributed by atoms with Crippen LogP contribution in [0.5, 0.6) is 0 Å². The first kappa shape index (κ1) is 14.7. The van der Waals surface area contributed by atoms with Crippen LogP contribution in [0.2, 0.25) is 0 Å². The van der Waals surface area contributed by atoms with Crippen LogP contribution in [0.1, 0.15) is 33.5 Å². The van der Waals surface area contributed by atoms with Crippen LogP contribution in [0.15, 0.2) is 24.3 Å². The largest absolute Gasteiger partial charge is 0.478 e. The molecule has 0 atom stereocenters. The van der Waals surface area contributed by atoms with Crippen molar-refractivity contribution >= 4 is 17.6 Å². The Morgan fingerprint density at radius 2 is 2.10 bits per heavy atom. The second-order valence-corrected chi connectivity index (χ2v) is 4.44. The predicted octanol–water partition coefficient (Wildman–Crippen LogP) is 2.30. The summed E-state index contributed by atoms with van der Waals surface area (Å²) in [7, 11) is 0. The molecular weight excluding hydrogens is 277 g/mol. The van der Waals surface area contributed by atoms with E-state index in [-0.39, 0.29) is 16.9 Å². The summed E-state index contributed by atoms with van der Waals surface area (Å²) in [6, 6.07) is 4.79. The average molecular weight is 291 g/mol. The number of aromatic nitrogens is 2. The van der Waals surface area contributed by atoms with Crippen LogP contribution in [0.4, 0.5) is 10.1 Å². The zero-order valence-corrected chi connectivity index (χ0v) is 11.6. The first-order valence-corrected chi connectivity index (χ1v) is 6.31. The molecule has 0 radical (unpaired) electrons. The van der Waals surface area contributed by atoms with Crippen molar-refractivity contribution < 1.29 is 19.1 Å². The number of hydrogen-bond donors (Lipinski definition) is 2. The van der Waals surface area contributed by atoms with Crippen LogP contribution in [0, 0.1) is 12.7 Å². The van der Waals surface area contributed by atoms with Crippen molar-refractivity contribution in [3.63, 3.8) is 0 Å². The number of halogens is 1. The molecule has 0 spiro atoms. The van der Waals surface area contributed by atoms with E-state index in [4.69, 9.17) is 5.11 Å². The minimum atomic E-state index is -1.19. The molecule has 0 fully saturated rings. The number of hydrogen-bond acceptors (Lipinski definition) is 3. The number of benzene rings is 1. The molecule has 2 rings (SSSR count). The van der Waals surface area contributed by atoms with Gasteiger partial charge < -0.3 is 10.4 Å². The second kappa shape index (κ2) is 5.74. The van der Waals surface area contributed by atoms with Gasteiger partial charge in [0.15, 0.2) is 0 Å². The lowest BCUT2D eigenvalue weighted by atomic mass is 10.2. The number of carbonyl (C=O) groups is 2. The zero-order chi connectivity index (χ0) is 15.6. The highest BCUT2D eigenvalue weighted by Crippen LogP contribution is 2.17. The summed E-state index contributed by atoms with van der Waals surface area (Å²) in [6.07, 6.45) is 0. The molecule has 110 valence electrons. The molecule has 0 bridgehead atoms. The van der Waals surface area contributed by atoms with Gasteiger partial charge >= 0.3 is 5.97 Å². The Balaban J connectivity index is 2.31. The van der Waals surface area contributed by atoms with Crippen LogP contribution < -0.4 is 5.32 Å². The van der Waals surface area contributed by atoms with Gasteiger partial charge in [-0.15, -0.1) is 0 Å². The van der Waals surface area contributed by atoms with Gasteiger partial charge in [-0.3, -0.25) is 9.48 Å². The second-order valence-electron chi connectivity index (χ2n) is 4.44. The maximum Gasteiger partial charge on any atom is 0.335 e. The number of aryl methyl sites for hydroxylation is 2. The maximum atomic E-state index is 13.7. The fourth-order valence-corrected chi connectivity index (χ4v) is 1.91. The van der Waals surface area contributed by atoms with Crippen LogP contribution in [0.25, 0.3) is 0 Å². The average Bonchev–Trinajstić information content (AvgIpc) is 2.82. The molecule has 1 aromatic heterocycles. The Morgan fingerprint density at radius 1 is 1.38 bits per heavy atom. The third kappa shape index (κ3) is 3.07. The SMILES string of the molecule is CCn1nc(C)cc1C(=O)Nc1cc(C(=O)O)ccc1F. The minimum Gasteiger partial charge on any atom is -0.478 e. The lowest BCUT2D eigenvalue weighted by molar-refractivity contribution is 0.0696. The van der Waals surface area contributed by atoms with Crippen LogP contribution >= 0.6 is 0 Å². The summed E-state index contributed by atoms with van der Waals surface area (Å²) >= 11 is 0. The lowest BCUT2D eigenvalue weighted by Crippen LogP contribution is -2.18. The van der Waals surface area contributed by atoms with E-state index in [2.05, 4.69) is 10.4 Å². The molecular formula is C14H14FN3O3. The lowest BCUT2D eigenvalue weighted by Gasteiger charge is -2.08. The van der Waals surface area contributed by atoms with Crippen LogP contribution in [0.3, 0.4) is 0 Å². The van der Waals surface area contributed by atoms with Gasteiger partial charge in [0.05, 0.1) is 16.9 Å². The number of nitrogens with zero attached hydrogens (tertiary/aromatic N) is 2. The summed E-state index contributed by atoms with van der Waals surface area (Å²) in [6.45, 7) is 4.07. The van der Waals surface area contributed by atoms with E-state index in [0.717, 1.165) is 18.2 Å². The van der Waals surface area contributed by atoms with Gasteiger partial charge in [-0.1, -0.05) is 0 Å². The molecule has 1 amide bonds. The van der Waals surface area contributed by atoms with Crippen molar-refractivity contribution in [3.8, 4) is 0 Å². The van der Waals surface area contributed by atoms with Crippen molar-refractivity contribution in [2.75, 3.05) is 5.32 Å². The van der Waals surface area contributed by atoms with Gasteiger partial charge in [-0.2, -0.15) is 5.10 Å². The van der Waals surface area contributed by atoms with Crippen molar-refractivity contribution in [1.82, 2.24) is 9.78 Å². The summed E-state index contributed by atoms with van der Waals surface area (Å²) in [5.74, 6) is -2.44. The van der Waals surface area contributed by atoms with Crippen LogP contribution in [-0.2, 0) is 6.54 Å². The van der Waals surface area contributed by atoms with Gasteiger partial charge in [0.1, 0.15) is 11.5 Å². The summed E-state index contributed by atoms with van der Waals surface area (Å²) in [4.78, 5) is 23.0. The van der Waals surface area contributed by atoms with Gasteiger partial charge in [-0.05, 0) is 38.1 Å². The normalized spacial score (nSPS) is 10.4. The van der Waals surface area contributed by atoms with E-state index in [1.165, 1.54) is 4.68 Å². The van der Waals surface area contributed by atoms with Crippen molar-refractivity contribution in [3.05, 3.63) is 47.0 Å². The monoisotopic (exact) mass is 291 g/mol. The molecule has 6 nitrogen and oxygen atoms in total. The number of carbonyl (C=O) groups excluding carboxylic acids is 1. The van der Waals surface area contributed by atoms with E-state index in [1.807, 2.05) is 6.92 Å². The summed E-state index contributed by atoms with van der Waals surface area (Å²) in [5, 5.41) is 15.4. The van der Waals surface area contributed by atoms with E-state index < -0.39 is 17.7 Å². The van der Waals surface area contributed by atoms with Gasteiger partial charge in [-0.25, -0.2) is 9.18 Å². The first-order valence-electron chi connectivity index (χ1n) is 6.31. The topological polar surface area (TPSA) is 84.2 Å². The minimum absolute atomic E-state index is 0.105. The van der Waals surface area contributed by atoms with Gasteiger partial charge in [0, 0.05) is 6.54 Å². The Bertz CT molecular complexity index is 709. The van der Waals surface area contributed by atoms with E-state index in [1.54, 1.807) is 13.0 Å². The van der Waals surface area contributed by atoms with Crippen molar-refractivity contribution in [2.24, 2.45) is 0 Å². The number of anilines is 1.